The van der Waals surface area contributed by atoms with Crippen molar-refractivity contribution in [2.45, 2.75) is 51.4 Å². The molecule has 1 nitrogen and oxygen atoms in total. The van der Waals surface area contributed by atoms with Crippen LogP contribution in [0.15, 0.2) is 24.3 Å². The van der Waals surface area contributed by atoms with E-state index in [-0.39, 0.29) is 0 Å². The van der Waals surface area contributed by atoms with Crippen LogP contribution in [0.3, 0.4) is 0 Å². The SMILES string of the molecule is CCCCC#CC(c1cccc(OC)c1)[Si](C)(C)C. The highest BCUT2D eigenvalue weighted by Gasteiger charge is 2.26. The molecule has 1 unspecified atom stereocenters. The van der Waals surface area contributed by atoms with Gasteiger partial charge in [0.1, 0.15) is 5.75 Å². The molecule has 0 aliphatic carbocycles. The van der Waals surface area contributed by atoms with E-state index < -0.39 is 8.07 Å². The fraction of sp³-hybridized carbons (Fsp3) is 0.529. The topological polar surface area (TPSA) is 9.23 Å². The number of methoxy groups -OCH3 is 1. The second kappa shape index (κ2) is 7.40. The van der Waals surface area contributed by atoms with Crippen LogP contribution >= 0.6 is 0 Å². The Kier molecular flexibility index (Phi) is 6.18. The maximum absolute atomic E-state index is 5.33. The Bertz CT molecular complexity index is 448. The first-order valence-corrected chi connectivity index (χ1v) is 10.7. The summed E-state index contributed by atoms with van der Waals surface area (Å²) in [5, 5.41) is 0. The predicted molar refractivity (Wildman–Crippen MR) is 86.4 cm³/mol. The lowest BCUT2D eigenvalue weighted by atomic mass is 10.1. The molecule has 0 radical (unpaired) electrons. The lowest BCUT2D eigenvalue weighted by molar-refractivity contribution is 0.414. The van der Waals surface area contributed by atoms with Crippen molar-refractivity contribution in [3.8, 4) is 17.6 Å². The molecule has 0 amide bonds. The van der Waals surface area contributed by atoms with Gasteiger partial charge in [0.2, 0.25) is 0 Å². The van der Waals surface area contributed by atoms with Crippen LogP contribution in [-0.4, -0.2) is 15.2 Å². The van der Waals surface area contributed by atoms with Crippen LogP contribution in [0.1, 0.15) is 37.3 Å². The maximum atomic E-state index is 5.33. The highest BCUT2D eigenvalue weighted by atomic mass is 28.3. The predicted octanol–water partition coefficient (Wildman–Crippen LogP) is 4.85. The lowest BCUT2D eigenvalue weighted by Crippen LogP contribution is -2.30. The largest absolute Gasteiger partial charge is 0.497 e. The summed E-state index contributed by atoms with van der Waals surface area (Å²) >= 11 is 0. The highest BCUT2D eigenvalue weighted by Crippen LogP contribution is 2.28. The average Bonchev–Trinajstić information content (AvgIpc) is 2.37. The van der Waals surface area contributed by atoms with Crippen LogP contribution in [0, 0.1) is 11.8 Å². The van der Waals surface area contributed by atoms with E-state index in [0.29, 0.717) is 5.54 Å². The van der Waals surface area contributed by atoms with E-state index >= 15 is 0 Å². The highest BCUT2D eigenvalue weighted by molar-refractivity contribution is 6.78. The Balaban J connectivity index is 2.98. The van der Waals surface area contributed by atoms with Gasteiger partial charge < -0.3 is 4.74 Å². The van der Waals surface area contributed by atoms with Crippen molar-refractivity contribution >= 4 is 8.07 Å². The Morgan fingerprint density at radius 3 is 2.58 bits per heavy atom. The number of ether oxygens (including phenoxy) is 1. The van der Waals surface area contributed by atoms with Crippen LogP contribution < -0.4 is 4.74 Å². The average molecular weight is 274 g/mol. The van der Waals surface area contributed by atoms with Crippen molar-refractivity contribution in [1.29, 1.82) is 0 Å². The monoisotopic (exact) mass is 274 g/mol. The van der Waals surface area contributed by atoms with E-state index in [4.69, 9.17) is 4.74 Å². The zero-order valence-corrected chi connectivity index (χ0v) is 13.9. The summed E-state index contributed by atoms with van der Waals surface area (Å²) in [7, 11) is 0.365. The second-order valence-corrected chi connectivity index (χ2v) is 11.3. The van der Waals surface area contributed by atoms with E-state index in [2.05, 4.69) is 56.6 Å². The zero-order valence-electron chi connectivity index (χ0n) is 12.9. The molecule has 1 aromatic rings. The number of unbranched alkanes of at least 4 members (excludes halogenated alkanes) is 2. The van der Waals surface area contributed by atoms with Gasteiger partial charge in [0.15, 0.2) is 0 Å². The zero-order chi connectivity index (χ0) is 14.3. The Hall–Kier alpha value is -1.20. The summed E-state index contributed by atoms with van der Waals surface area (Å²) in [5.41, 5.74) is 1.70. The van der Waals surface area contributed by atoms with Gasteiger partial charge in [0.25, 0.3) is 0 Å². The number of hydrogen-bond acceptors (Lipinski definition) is 1. The molecule has 1 atom stereocenters. The smallest absolute Gasteiger partial charge is 0.119 e. The maximum Gasteiger partial charge on any atom is 0.119 e. The normalized spacial score (nSPS) is 12.5. The van der Waals surface area contributed by atoms with Gasteiger partial charge in [0.05, 0.1) is 15.2 Å². The number of benzene rings is 1. The third-order valence-corrected chi connectivity index (χ3v) is 5.40. The third-order valence-electron chi connectivity index (χ3n) is 3.19. The number of hydrogen-bond donors (Lipinski definition) is 0. The molecule has 1 rings (SSSR count). The Morgan fingerprint density at radius 2 is 2.00 bits per heavy atom. The fourth-order valence-corrected chi connectivity index (χ4v) is 3.77. The van der Waals surface area contributed by atoms with Crippen LogP contribution in [-0.2, 0) is 0 Å². The van der Waals surface area contributed by atoms with Crippen molar-refractivity contribution < 1.29 is 4.74 Å². The lowest BCUT2D eigenvalue weighted by Gasteiger charge is -2.25. The summed E-state index contributed by atoms with van der Waals surface area (Å²) in [6.45, 7) is 9.35. The van der Waals surface area contributed by atoms with Gasteiger partial charge >= 0.3 is 0 Å². The quantitative estimate of drug-likeness (QED) is 0.424. The van der Waals surface area contributed by atoms with Gasteiger partial charge in [-0.2, -0.15) is 0 Å². The standard InChI is InChI=1S/C17H26OSi/c1-6-7-8-9-13-17(19(3,4)5)15-11-10-12-16(14-15)18-2/h10-12,14,17H,6-8H2,1-5H3. The molecule has 0 saturated heterocycles. The van der Waals surface area contributed by atoms with E-state index in [0.717, 1.165) is 12.2 Å². The van der Waals surface area contributed by atoms with Crippen LogP contribution in [0.2, 0.25) is 19.6 Å². The molecule has 0 aliphatic rings. The molecule has 0 N–H and O–H groups in total. The first-order valence-electron chi connectivity index (χ1n) is 7.11. The van der Waals surface area contributed by atoms with Crippen molar-refractivity contribution in [3.05, 3.63) is 29.8 Å². The molecule has 2 heteroatoms. The molecule has 104 valence electrons. The molecule has 0 fully saturated rings. The fourth-order valence-electron chi connectivity index (χ4n) is 2.06. The molecule has 0 heterocycles. The molecule has 0 aromatic heterocycles. The van der Waals surface area contributed by atoms with Crippen LogP contribution in [0.5, 0.6) is 5.75 Å². The van der Waals surface area contributed by atoms with Gasteiger partial charge in [-0.05, 0) is 24.1 Å². The molecule has 0 aliphatic heterocycles. The second-order valence-electron chi connectivity index (χ2n) is 6.00. The molecular formula is C17H26OSi. The molecule has 0 saturated carbocycles. The summed E-state index contributed by atoms with van der Waals surface area (Å²) < 4.78 is 5.33. The van der Waals surface area contributed by atoms with Crippen molar-refractivity contribution in [2.24, 2.45) is 0 Å². The summed E-state index contributed by atoms with van der Waals surface area (Å²) in [4.78, 5) is 0. The van der Waals surface area contributed by atoms with Crippen LogP contribution in [0.4, 0.5) is 0 Å². The van der Waals surface area contributed by atoms with Crippen LogP contribution in [0.25, 0.3) is 0 Å². The third kappa shape index (κ3) is 5.12. The van der Waals surface area contributed by atoms with Gasteiger partial charge in [-0.25, -0.2) is 0 Å². The van der Waals surface area contributed by atoms with E-state index in [9.17, 15) is 0 Å². The Labute approximate surface area is 119 Å². The van der Waals surface area contributed by atoms with E-state index in [1.54, 1.807) is 7.11 Å². The van der Waals surface area contributed by atoms with Gasteiger partial charge in [-0.15, -0.1) is 5.92 Å². The van der Waals surface area contributed by atoms with Gasteiger partial charge in [-0.3, -0.25) is 0 Å². The summed E-state index contributed by atoms with van der Waals surface area (Å²) in [6.07, 6.45) is 3.43. The summed E-state index contributed by atoms with van der Waals surface area (Å²) in [6, 6.07) is 8.38. The minimum absolute atomic E-state index is 0.388. The number of rotatable bonds is 5. The molecule has 1 aromatic carbocycles. The van der Waals surface area contributed by atoms with E-state index in [1.807, 2.05) is 6.07 Å². The molecule has 0 spiro atoms. The minimum atomic E-state index is -1.35. The first kappa shape index (κ1) is 15.9. The summed E-state index contributed by atoms with van der Waals surface area (Å²) in [5.74, 6) is 7.82. The minimum Gasteiger partial charge on any atom is -0.497 e. The Morgan fingerprint density at radius 1 is 1.26 bits per heavy atom. The van der Waals surface area contributed by atoms with Gasteiger partial charge in [0, 0.05) is 12.0 Å². The molecular weight excluding hydrogens is 248 g/mol. The molecule has 0 bridgehead atoms. The van der Waals surface area contributed by atoms with E-state index in [1.165, 1.54) is 18.4 Å². The van der Waals surface area contributed by atoms with Gasteiger partial charge in [-0.1, -0.05) is 51.0 Å². The van der Waals surface area contributed by atoms with Crippen molar-refractivity contribution in [1.82, 2.24) is 0 Å². The van der Waals surface area contributed by atoms with Crippen molar-refractivity contribution in [3.63, 3.8) is 0 Å². The van der Waals surface area contributed by atoms with Crippen molar-refractivity contribution in [2.75, 3.05) is 7.11 Å². The molecule has 19 heavy (non-hydrogen) atoms. The first-order chi connectivity index (χ1) is 8.99.